The van der Waals surface area contributed by atoms with E-state index in [0.717, 1.165) is 0 Å². The lowest BCUT2D eigenvalue weighted by Crippen LogP contribution is -2.46. The zero-order valence-electron chi connectivity index (χ0n) is 18.0. The number of rotatable bonds is 16. The molecule has 6 N–H and O–H groups in total. The van der Waals surface area contributed by atoms with Gasteiger partial charge in [0.2, 0.25) is 17.7 Å². The maximum atomic E-state index is 12.1. The summed E-state index contributed by atoms with van der Waals surface area (Å²) in [6, 6.07) is -2.71. The van der Waals surface area contributed by atoms with Gasteiger partial charge >= 0.3 is 11.9 Å². The van der Waals surface area contributed by atoms with Crippen LogP contribution in [0.3, 0.4) is 0 Å². The summed E-state index contributed by atoms with van der Waals surface area (Å²) in [5, 5.41) is 25.5. The maximum Gasteiger partial charge on any atom is 0.326 e. The largest absolute Gasteiger partial charge is 0.480 e. The predicted octanol–water partition coefficient (Wildman–Crippen LogP) is -0.874. The van der Waals surface area contributed by atoms with Crippen LogP contribution in [0.1, 0.15) is 52.4 Å². The minimum atomic E-state index is -4.44. The van der Waals surface area contributed by atoms with Crippen LogP contribution in [-0.2, 0) is 34.1 Å². The van der Waals surface area contributed by atoms with Crippen LogP contribution in [0, 0.1) is 5.92 Å². The van der Waals surface area contributed by atoms with Crippen LogP contribution in [0.4, 0.5) is 0 Å². The summed E-state index contributed by atoms with van der Waals surface area (Å²) in [5.41, 5.74) is 0. The van der Waals surface area contributed by atoms with E-state index in [2.05, 4.69) is 16.0 Å². The molecule has 0 saturated heterocycles. The highest BCUT2D eigenvalue weighted by atomic mass is 32.2. The van der Waals surface area contributed by atoms with E-state index in [-0.39, 0.29) is 18.7 Å². The average Bonchev–Trinajstić information content (AvgIpc) is 2.67. The Bertz CT molecular complexity index is 784. The first kappa shape index (κ1) is 29.3. The molecule has 0 aromatic carbocycles. The van der Waals surface area contributed by atoms with Crippen LogP contribution in [0.15, 0.2) is 0 Å². The summed E-state index contributed by atoms with van der Waals surface area (Å²) in [6.45, 7) is 3.26. The van der Waals surface area contributed by atoms with Gasteiger partial charge in [0.1, 0.15) is 12.1 Å². The van der Waals surface area contributed by atoms with Gasteiger partial charge in [-0.2, -0.15) is 8.42 Å². The second-order valence-electron chi connectivity index (χ2n) is 7.25. The van der Waals surface area contributed by atoms with Gasteiger partial charge in [-0.25, -0.2) is 9.59 Å². The lowest BCUT2D eigenvalue weighted by Gasteiger charge is -2.18. The first-order valence-electron chi connectivity index (χ1n) is 10.0. The lowest BCUT2D eigenvalue weighted by atomic mass is 10.1. The quantitative estimate of drug-likeness (QED) is 0.118. The van der Waals surface area contributed by atoms with E-state index in [9.17, 15) is 42.6 Å². The fourth-order valence-electron chi connectivity index (χ4n) is 2.59. The van der Waals surface area contributed by atoms with Crippen molar-refractivity contribution in [3.05, 3.63) is 0 Å². The highest BCUT2D eigenvalue weighted by Crippen LogP contribution is 2.06. The number of aliphatic carboxylic acids is 2. The number of carbonyl (C=O) groups excluding carboxylic acids is 3. The molecule has 0 heterocycles. The van der Waals surface area contributed by atoms with E-state index < -0.39 is 64.0 Å². The van der Waals surface area contributed by atoms with Crippen LogP contribution >= 0.6 is 0 Å². The van der Waals surface area contributed by atoms with Gasteiger partial charge in [0.05, 0.1) is 11.7 Å². The van der Waals surface area contributed by atoms with Crippen molar-refractivity contribution in [2.24, 2.45) is 5.92 Å². The Kier molecular flexibility index (Phi) is 13.1. The van der Waals surface area contributed by atoms with Crippen molar-refractivity contribution in [3.63, 3.8) is 0 Å². The highest BCUT2D eigenvalue weighted by Gasteiger charge is 2.27. The summed E-state index contributed by atoms with van der Waals surface area (Å²) in [4.78, 5) is 57.8. The number of hydrogen-bond donors (Lipinski definition) is 6. The van der Waals surface area contributed by atoms with E-state index in [1.807, 2.05) is 0 Å². The molecule has 3 atom stereocenters. The van der Waals surface area contributed by atoms with E-state index in [1.54, 1.807) is 6.92 Å². The van der Waals surface area contributed by atoms with Crippen molar-refractivity contribution in [2.45, 2.75) is 64.5 Å². The van der Waals surface area contributed by atoms with E-state index >= 15 is 0 Å². The molecule has 0 fully saturated rings. The second kappa shape index (κ2) is 14.3. The predicted molar refractivity (Wildman–Crippen MR) is 111 cm³/mol. The third-order valence-corrected chi connectivity index (χ3v) is 5.30. The summed E-state index contributed by atoms with van der Waals surface area (Å²) in [7, 11) is -4.44. The Morgan fingerprint density at radius 2 is 1.44 bits per heavy atom. The third-order valence-electron chi connectivity index (χ3n) is 4.38. The molecule has 0 radical (unpaired) electrons. The monoisotopic (exact) mass is 481 g/mol. The molecule has 0 rings (SSSR count). The fraction of sp³-hybridized carbons (Fsp3) is 0.722. The summed E-state index contributed by atoms with van der Waals surface area (Å²) in [5.74, 6) is -6.64. The molecule has 3 amide bonds. The molecule has 14 heteroatoms. The smallest absolute Gasteiger partial charge is 0.326 e. The van der Waals surface area contributed by atoms with Gasteiger partial charge in [0, 0.05) is 19.4 Å². The Balaban J connectivity index is 4.61. The van der Waals surface area contributed by atoms with Gasteiger partial charge in [-0.1, -0.05) is 13.8 Å². The zero-order chi connectivity index (χ0) is 24.9. The first-order chi connectivity index (χ1) is 14.8. The molecular weight excluding hydrogens is 450 g/mol. The standard InChI is InChI=1S/C18H31N3O10S/c1-3-14(22)19-9-5-4-6-12(17(25)26)20-15(23)8-7-13(18(27)28)21-16(24)11(2)10-32(29,30)31/h11-13H,3-10H2,1-2H3,(H,19,22)(H,20,23)(H,21,24)(H,25,26)(H,27,28)(H,29,30,31). The van der Waals surface area contributed by atoms with Gasteiger partial charge in [-0.3, -0.25) is 18.9 Å². The van der Waals surface area contributed by atoms with Crippen molar-refractivity contribution in [3.8, 4) is 0 Å². The lowest BCUT2D eigenvalue weighted by molar-refractivity contribution is -0.143. The Hall–Kier alpha value is -2.74. The Morgan fingerprint density at radius 3 is 1.94 bits per heavy atom. The Morgan fingerprint density at radius 1 is 0.875 bits per heavy atom. The number of nitrogens with one attached hydrogen (secondary N) is 3. The maximum absolute atomic E-state index is 12.1. The molecule has 0 aromatic rings. The van der Waals surface area contributed by atoms with Crippen molar-refractivity contribution < 1.29 is 47.2 Å². The average molecular weight is 482 g/mol. The number of carbonyl (C=O) groups is 5. The molecule has 0 aliphatic carbocycles. The van der Waals surface area contributed by atoms with Gasteiger partial charge < -0.3 is 26.2 Å². The van der Waals surface area contributed by atoms with E-state index in [1.165, 1.54) is 6.92 Å². The fourth-order valence-corrected chi connectivity index (χ4v) is 3.37. The van der Waals surface area contributed by atoms with Crippen molar-refractivity contribution in [1.82, 2.24) is 16.0 Å². The number of carboxylic acid groups (broad SMARTS) is 2. The number of amides is 3. The van der Waals surface area contributed by atoms with Crippen LogP contribution in [0.2, 0.25) is 0 Å². The van der Waals surface area contributed by atoms with Gasteiger partial charge in [0.25, 0.3) is 10.1 Å². The van der Waals surface area contributed by atoms with Crippen LogP contribution < -0.4 is 16.0 Å². The van der Waals surface area contributed by atoms with Gasteiger partial charge in [-0.05, 0) is 25.7 Å². The summed E-state index contributed by atoms with van der Waals surface area (Å²) in [6.07, 6.45) is 0.614. The van der Waals surface area contributed by atoms with Gasteiger partial charge in [-0.15, -0.1) is 0 Å². The third kappa shape index (κ3) is 13.5. The van der Waals surface area contributed by atoms with Crippen molar-refractivity contribution in [1.29, 1.82) is 0 Å². The molecule has 13 nitrogen and oxygen atoms in total. The highest BCUT2D eigenvalue weighted by molar-refractivity contribution is 7.85. The molecular formula is C18H31N3O10S. The molecule has 0 aromatic heterocycles. The topological polar surface area (TPSA) is 216 Å². The first-order valence-corrected chi connectivity index (χ1v) is 11.6. The number of hydrogen-bond acceptors (Lipinski definition) is 7. The summed E-state index contributed by atoms with van der Waals surface area (Å²) >= 11 is 0. The number of carboxylic acids is 2. The van der Waals surface area contributed by atoms with Crippen molar-refractivity contribution >= 4 is 39.8 Å². The molecule has 0 aliphatic heterocycles. The zero-order valence-corrected chi connectivity index (χ0v) is 18.8. The van der Waals surface area contributed by atoms with E-state index in [4.69, 9.17) is 4.55 Å². The second-order valence-corrected chi connectivity index (χ2v) is 8.74. The summed E-state index contributed by atoms with van der Waals surface area (Å²) < 4.78 is 30.4. The molecule has 0 aliphatic rings. The van der Waals surface area contributed by atoms with Crippen LogP contribution in [0.5, 0.6) is 0 Å². The van der Waals surface area contributed by atoms with E-state index in [0.29, 0.717) is 25.8 Å². The molecule has 0 spiro atoms. The minimum absolute atomic E-state index is 0.106. The SMILES string of the molecule is CCC(=O)NCCCCC(NC(=O)CCC(NC(=O)C(C)CS(=O)(=O)O)C(=O)O)C(=O)O. The molecule has 0 bridgehead atoms. The van der Waals surface area contributed by atoms with Crippen LogP contribution in [0.25, 0.3) is 0 Å². The number of unbranched alkanes of at least 4 members (excludes halogenated alkanes) is 1. The van der Waals surface area contributed by atoms with Crippen LogP contribution in [-0.4, -0.2) is 77.2 Å². The molecule has 184 valence electrons. The molecule has 32 heavy (non-hydrogen) atoms. The molecule has 0 saturated carbocycles. The normalized spacial score (nSPS) is 14.0. The Labute approximate surface area is 186 Å². The molecule has 3 unspecified atom stereocenters. The minimum Gasteiger partial charge on any atom is -0.480 e. The van der Waals surface area contributed by atoms with Crippen molar-refractivity contribution in [2.75, 3.05) is 12.3 Å². The van der Waals surface area contributed by atoms with Gasteiger partial charge in [0.15, 0.2) is 0 Å².